The normalized spacial score (nSPS) is 27.6. The third kappa shape index (κ3) is 5.12. The van der Waals surface area contributed by atoms with Crippen molar-refractivity contribution in [3.05, 3.63) is 11.6 Å². The molecule has 0 aromatic carbocycles. The minimum absolute atomic E-state index is 0.684. The van der Waals surface area contributed by atoms with E-state index < -0.39 is 0 Å². The largest absolute Gasteiger partial charge is 0.303 e. The van der Waals surface area contributed by atoms with Crippen LogP contribution >= 0.6 is 0 Å². The quantitative estimate of drug-likeness (QED) is 0.488. The molecule has 1 fully saturated rings. The lowest BCUT2D eigenvalue weighted by molar-refractivity contribution is -0.107. The zero-order chi connectivity index (χ0) is 13.3. The van der Waals surface area contributed by atoms with Crippen molar-refractivity contribution in [1.29, 1.82) is 0 Å². The second-order valence-electron chi connectivity index (χ2n) is 6.59. The van der Waals surface area contributed by atoms with E-state index in [4.69, 9.17) is 0 Å². The molecule has 0 aliphatic heterocycles. The number of carbonyl (C=O) groups is 1. The van der Waals surface area contributed by atoms with Crippen molar-refractivity contribution in [1.82, 2.24) is 0 Å². The van der Waals surface area contributed by atoms with Crippen LogP contribution in [-0.2, 0) is 4.79 Å². The van der Waals surface area contributed by atoms with Gasteiger partial charge in [0.2, 0.25) is 0 Å². The fourth-order valence-electron chi connectivity index (χ4n) is 4.01. The lowest BCUT2D eigenvalue weighted by atomic mass is 9.75. The molecule has 1 unspecified atom stereocenters. The molecule has 0 heterocycles. The maximum atomic E-state index is 10.8. The van der Waals surface area contributed by atoms with Crippen LogP contribution in [0.15, 0.2) is 11.6 Å². The first-order valence-corrected chi connectivity index (χ1v) is 8.51. The smallest absolute Gasteiger partial charge is 0.124 e. The summed E-state index contributed by atoms with van der Waals surface area (Å²) < 4.78 is 0. The Morgan fingerprint density at radius 1 is 0.895 bits per heavy atom. The molecule has 108 valence electrons. The summed E-state index contributed by atoms with van der Waals surface area (Å²) in [6, 6.07) is 0. The number of hydrogen-bond donors (Lipinski definition) is 0. The molecule has 0 amide bonds. The van der Waals surface area contributed by atoms with Crippen molar-refractivity contribution in [2.75, 3.05) is 0 Å². The summed E-state index contributed by atoms with van der Waals surface area (Å²) in [5.74, 6) is 1.80. The Kier molecular flexibility index (Phi) is 6.67. The van der Waals surface area contributed by atoms with Crippen LogP contribution in [0.5, 0.6) is 0 Å². The topological polar surface area (TPSA) is 17.1 Å². The van der Waals surface area contributed by atoms with E-state index in [1.165, 1.54) is 82.6 Å². The highest BCUT2D eigenvalue weighted by Crippen LogP contribution is 2.36. The van der Waals surface area contributed by atoms with Gasteiger partial charge in [-0.3, -0.25) is 0 Å². The minimum atomic E-state index is 0.684. The summed E-state index contributed by atoms with van der Waals surface area (Å²) in [6.07, 6.45) is 20.8. The Morgan fingerprint density at radius 2 is 1.53 bits per heavy atom. The molecule has 2 rings (SSSR count). The predicted octanol–water partition coefficient (Wildman–Crippen LogP) is 5.44. The Hall–Kier alpha value is -0.590. The van der Waals surface area contributed by atoms with Gasteiger partial charge in [0.1, 0.15) is 6.29 Å². The molecule has 1 atom stereocenters. The molecule has 1 nitrogen and oxygen atoms in total. The molecular weight excluding hydrogens is 232 g/mol. The highest BCUT2D eigenvalue weighted by atomic mass is 16.1. The number of rotatable bonds is 3. The number of allylic oxidation sites excluding steroid dienone is 2. The third-order valence-corrected chi connectivity index (χ3v) is 5.15. The maximum absolute atomic E-state index is 10.8. The molecule has 19 heavy (non-hydrogen) atoms. The van der Waals surface area contributed by atoms with E-state index in [0.717, 1.165) is 18.1 Å². The van der Waals surface area contributed by atoms with Gasteiger partial charge in [-0.25, -0.2) is 0 Å². The fourth-order valence-corrected chi connectivity index (χ4v) is 4.01. The average molecular weight is 262 g/mol. The molecule has 0 bridgehead atoms. The van der Waals surface area contributed by atoms with Gasteiger partial charge in [-0.1, -0.05) is 63.0 Å². The Labute approximate surface area is 118 Å². The fraction of sp³-hybridized carbons (Fsp3) is 0.833. The van der Waals surface area contributed by atoms with Crippen LogP contribution in [0.25, 0.3) is 0 Å². The first-order chi connectivity index (χ1) is 9.40. The Bertz CT molecular complexity index is 284. The van der Waals surface area contributed by atoms with Gasteiger partial charge in [0.05, 0.1) is 0 Å². The van der Waals surface area contributed by atoms with Gasteiger partial charge in [0.15, 0.2) is 0 Å². The van der Waals surface area contributed by atoms with Crippen molar-refractivity contribution in [2.24, 2.45) is 11.8 Å². The van der Waals surface area contributed by atoms with Gasteiger partial charge in [-0.15, -0.1) is 0 Å². The van der Waals surface area contributed by atoms with Crippen LogP contribution in [0.3, 0.4) is 0 Å². The zero-order valence-corrected chi connectivity index (χ0v) is 12.4. The van der Waals surface area contributed by atoms with Crippen LogP contribution in [-0.4, -0.2) is 6.29 Å². The zero-order valence-electron chi connectivity index (χ0n) is 12.4. The molecule has 1 heteroatoms. The molecule has 1 saturated carbocycles. The minimum Gasteiger partial charge on any atom is -0.303 e. The Balaban J connectivity index is 1.96. The molecule has 0 N–H and O–H groups in total. The van der Waals surface area contributed by atoms with Crippen molar-refractivity contribution in [3.63, 3.8) is 0 Å². The molecule has 2 aliphatic rings. The van der Waals surface area contributed by atoms with Crippen molar-refractivity contribution >= 4 is 6.29 Å². The van der Waals surface area contributed by atoms with E-state index in [0.29, 0.717) is 6.42 Å². The maximum Gasteiger partial charge on any atom is 0.124 e. The van der Waals surface area contributed by atoms with Gasteiger partial charge in [-0.2, -0.15) is 0 Å². The first-order valence-electron chi connectivity index (χ1n) is 8.51. The first kappa shape index (κ1) is 14.8. The van der Waals surface area contributed by atoms with Crippen LogP contribution in [0.2, 0.25) is 0 Å². The molecule has 0 aromatic rings. The highest BCUT2D eigenvalue weighted by Gasteiger charge is 2.23. The van der Waals surface area contributed by atoms with Crippen LogP contribution in [0.4, 0.5) is 0 Å². The van der Waals surface area contributed by atoms with Gasteiger partial charge in [0, 0.05) is 6.42 Å². The average Bonchev–Trinajstić information content (AvgIpc) is 2.33. The van der Waals surface area contributed by atoms with Gasteiger partial charge >= 0.3 is 0 Å². The van der Waals surface area contributed by atoms with E-state index in [9.17, 15) is 4.79 Å². The van der Waals surface area contributed by atoms with Crippen LogP contribution in [0.1, 0.15) is 83.5 Å². The summed E-state index contributed by atoms with van der Waals surface area (Å²) in [6.45, 7) is 0. The van der Waals surface area contributed by atoms with Crippen molar-refractivity contribution in [2.45, 2.75) is 83.5 Å². The summed E-state index contributed by atoms with van der Waals surface area (Å²) in [5.41, 5.74) is 1.43. The third-order valence-electron chi connectivity index (χ3n) is 5.15. The van der Waals surface area contributed by atoms with Gasteiger partial charge < -0.3 is 4.79 Å². The molecule has 0 radical (unpaired) electrons. The van der Waals surface area contributed by atoms with E-state index in [1.807, 2.05) is 0 Å². The number of carbonyl (C=O) groups excluding carboxylic acids is 1. The van der Waals surface area contributed by atoms with E-state index in [-0.39, 0.29) is 0 Å². The standard InChI is InChI=1S/C18H30O/c19-14-13-16-9-5-4-8-12-18(15-16)17-10-6-2-1-3-7-11-17/h9,14,17-18H,1-8,10-13,15H2. The van der Waals surface area contributed by atoms with E-state index >= 15 is 0 Å². The van der Waals surface area contributed by atoms with E-state index in [1.54, 1.807) is 0 Å². The van der Waals surface area contributed by atoms with Crippen molar-refractivity contribution in [3.8, 4) is 0 Å². The molecule has 0 spiro atoms. The summed E-state index contributed by atoms with van der Waals surface area (Å²) >= 11 is 0. The van der Waals surface area contributed by atoms with E-state index in [2.05, 4.69) is 6.08 Å². The second-order valence-corrected chi connectivity index (χ2v) is 6.59. The SMILES string of the molecule is O=CCC1=CCCCCC(C2CCCCCCC2)C1. The monoisotopic (exact) mass is 262 g/mol. The molecule has 2 aliphatic carbocycles. The molecular formula is C18H30O. The second kappa shape index (κ2) is 8.55. The summed E-state index contributed by atoms with van der Waals surface area (Å²) in [4.78, 5) is 10.8. The highest BCUT2D eigenvalue weighted by molar-refractivity contribution is 5.54. The lowest BCUT2D eigenvalue weighted by Gasteiger charge is -2.30. The summed E-state index contributed by atoms with van der Waals surface area (Å²) in [7, 11) is 0. The Morgan fingerprint density at radius 3 is 2.26 bits per heavy atom. The summed E-state index contributed by atoms with van der Waals surface area (Å²) in [5, 5.41) is 0. The van der Waals surface area contributed by atoms with Crippen LogP contribution < -0.4 is 0 Å². The van der Waals surface area contributed by atoms with Crippen LogP contribution in [0, 0.1) is 11.8 Å². The number of hydrogen-bond acceptors (Lipinski definition) is 1. The molecule has 0 aromatic heterocycles. The van der Waals surface area contributed by atoms with Gasteiger partial charge in [0.25, 0.3) is 0 Å². The molecule has 0 saturated heterocycles. The number of aldehydes is 1. The predicted molar refractivity (Wildman–Crippen MR) is 81.1 cm³/mol. The lowest BCUT2D eigenvalue weighted by Crippen LogP contribution is -2.18. The van der Waals surface area contributed by atoms with Crippen molar-refractivity contribution < 1.29 is 4.79 Å². The van der Waals surface area contributed by atoms with Gasteiger partial charge in [-0.05, 0) is 37.5 Å².